The molecule has 0 bridgehead atoms. The van der Waals surface area contributed by atoms with Crippen LogP contribution in [0.2, 0.25) is 0 Å². The smallest absolute Gasteiger partial charge is 0.0818 e. The topological polar surface area (TPSA) is 42.6 Å². The third kappa shape index (κ3) is 8.96. The summed E-state index contributed by atoms with van der Waals surface area (Å²) in [5, 5.41) is 8.42. The minimum absolute atomic E-state index is 0.334. The van der Waals surface area contributed by atoms with Crippen molar-refractivity contribution in [2.24, 2.45) is 23.2 Å². The van der Waals surface area contributed by atoms with Crippen LogP contribution < -0.4 is 15.4 Å². The fourth-order valence-electron chi connectivity index (χ4n) is 6.93. The molecule has 0 aromatic rings. The van der Waals surface area contributed by atoms with Gasteiger partial charge in [-0.15, -0.1) is 11.6 Å². The van der Waals surface area contributed by atoms with E-state index in [9.17, 15) is 0 Å². The highest BCUT2D eigenvalue weighted by Crippen LogP contribution is 2.43. The Morgan fingerprint density at radius 2 is 2.05 bits per heavy atom. The third-order valence-electron chi connectivity index (χ3n) is 9.18. The Kier molecular flexibility index (Phi) is 11.3. The van der Waals surface area contributed by atoms with Crippen molar-refractivity contribution in [1.29, 1.82) is 0 Å². The molecule has 5 nitrogen and oxygen atoms in total. The van der Waals surface area contributed by atoms with Crippen molar-refractivity contribution in [3.05, 3.63) is 23.3 Å². The van der Waals surface area contributed by atoms with E-state index in [4.69, 9.17) is 11.6 Å². The Morgan fingerprint density at radius 1 is 1.22 bits per heavy atom. The molecule has 2 saturated heterocycles. The molecular formula is C30H54ClN5S. The van der Waals surface area contributed by atoms with Crippen LogP contribution in [0.15, 0.2) is 23.3 Å². The standard InChI is InChI=1S/C30H54ClN5S/c1-22(2)28(18-36-14-13-27(30(3,4)20-36)25-9-11-26(31)12-10-25)32-16-23-7-6-8-24(15-23)17-34-37-29-19-35(5)21-33-29/h9,15,22-23,26-29,32-34H,6-8,10-14,16-21H2,1-5H3/t23?,26?,27-,28+,29?/m1/s1. The van der Waals surface area contributed by atoms with E-state index in [1.54, 1.807) is 11.1 Å². The molecule has 0 aromatic carbocycles. The van der Waals surface area contributed by atoms with Gasteiger partial charge in [0, 0.05) is 50.8 Å². The lowest BCUT2D eigenvalue weighted by atomic mass is 9.68. The molecule has 0 amide bonds. The highest BCUT2D eigenvalue weighted by Gasteiger charge is 2.39. The van der Waals surface area contributed by atoms with Gasteiger partial charge in [-0.05, 0) is 81.7 Å². The number of alkyl halides is 1. The van der Waals surface area contributed by atoms with Crippen LogP contribution in [0.5, 0.6) is 0 Å². The molecule has 2 aliphatic heterocycles. The summed E-state index contributed by atoms with van der Waals surface area (Å²) in [6.07, 6.45) is 13.7. The molecule has 2 heterocycles. The zero-order valence-electron chi connectivity index (χ0n) is 24.2. The molecule has 0 radical (unpaired) electrons. The van der Waals surface area contributed by atoms with Gasteiger partial charge in [0.25, 0.3) is 0 Å². The Balaban J connectivity index is 1.23. The summed E-state index contributed by atoms with van der Waals surface area (Å²) in [5.41, 5.74) is 3.62. The van der Waals surface area contributed by atoms with Gasteiger partial charge in [-0.2, -0.15) is 0 Å². The van der Waals surface area contributed by atoms with E-state index < -0.39 is 0 Å². The average Bonchev–Trinajstić information content (AvgIpc) is 3.27. The van der Waals surface area contributed by atoms with E-state index in [0.29, 0.717) is 34.0 Å². The van der Waals surface area contributed by atoms with Crippen molar-refractivity contribution in [3.63, 3.8) is 0 Å². The maximum Gasteiger partial charge on any atom is 0.0818 e. The van der Waals surface area contributed by atoms with Crippen molar-refractivity contribution in [1.82, 2.24) is 25.2 Å². The molecule has 5 atom stereocenters. The number of allylic oxidation sites excluding steroid dienone is 2. The summed E-state index contributed by atoms with van der Waals surface area (Å²) in [7, 11) is 2.17. The zero-order valence-corrected chi connectivity index (χ0v) is 25.8. The second-order valence-corrected chi connectivity index (χ2v) is 15.0. The highest BCUT2D eigenvalue weighted by molar-refractivity contribution is 7.98. The second-order valence-electron chi connectivity index (χ2n) is 13.3. The van der Waals surface area contributed by atoms with Gasteiger partial charge < -0.3 is 10.2 Å². The molecule has 2 aliphatic carbocycles. The molecule has 4 rings (SSSR count). The molecule has 7 heteroatoms. The van der Waals surface area contributed by atoms with E-state index in [2.05, 4.69) is 72.1 Å². The van der Waals surface area contributed by atoms with Crippen molar-refractivity contribution in [2.75, 3.05) is 53.0 Å². The molecule has 0 saturated carbocycles. The molecule has 212 valence electrons. The fraction of sp³-hybridized carbons (Fsp3) is 0.867. The first-order chi connectivity index (χ1) is 17.7. The summed E-state index contributed by atoms with van der Waals surface area (Å²) in [4.78, 5) is 5.08. The minimum Gasteiger partial charge on any atom is -0.312 e. The molecule has 3 unspecified atom stereocenters. The van der Waals surface area contributed by atoms with Gasteiger partial charge in [-0.1, -0.05) is 62.9 Å². The number of hydrogen-bond acceptors (Lipinski definition) is 6. The summed E-state index contributed by atoms with van der Waals surface area (Å²) in [6.45, 7) is 17.6. The van der Waals surface area contributed by atoms with Gasteiger partial charge >= 0.3 is 0 Å². The normalized spacial score (nSPS) is 32.4. The van der Waals surface area contributed by atoms with Gasteiger partial charge in [0.05, 0.1) is 5.37 Å². The Labute approximate surface area is 237 Å². The van der Waals surface area contributed by atoms with E-state index in [1.807, 2.05) is 11.9 Å². The van der Waals surface area contributed by atoms with E-state index in [1.165, 1.54) is 51.7 Å². The number of halogens is 1. The fourth-order valence-corrected chi connectivity index (χ4v) is 8.08. The Bertz CT molecular complexity index is 784. The predicted molar refractivity (Wildman–Crippen MR) is 162 cm³/mol. The van der Waals surface area contributed by atoms with E-state index in [-0.39, 0.29) is 0 Å². The molecule has 2 fully saturated rings. The van der Waals surface area contributed by atoms with Gasteiger partial charge in [-0.25, -0.2) is 0 Å². The lowest BCUT2D eigenvalue weighted by Gasteiger charge is -2.47. The number of piperidine rings is 1. The van der Waals surface area contributed by atoms with Crippen LogP contribution in [0.25, 0.3) is 0 Å². The van der Waals surface area contributed by atoms with Gasteiger partial charge in [0.1, 0.15) is 0 Å². The van der Waals surface area contributed by atoms with Crippen molar-refractivity contribution < 1.29 is 0 Å². The average molecular weight is 552 g/mol. The quantitative estimate of drug-likeness (QED) is 0.180. The van der Waals surface area contributed by atoms with Crippen LogP contribution in [0.1, 0.15) is 72.6 Å². The summed E-state index contributed by atoms with van der Waals surface area (Å²) in [5.74, 6) is 2.03. The lowest BCUT2D eigenvalue weighted by molar-refractivity contribution is 0.0595. The summed E-state index contributed by atoms with van der Waals surface area (Å²) < 4.78 is 3.63. The number of nitrogens with zero attached hydrogens (tertiary/aromatic N) is 2. The van der Waals surface area contributed by atoms with Crippen LogP contribution in [-0.2, 0) is 0 Å². The molecule has 4 aliphatic rings. The van der Waals surface area contributed by atoms with Gasteiger partial charge in [-0.3, -0.25) is 14.9 Å². The van der Waals surface area contributed by atoms with Crippen LogP contribution in [0, 0.1) is 23.2 Å². The number of nitrogens with one attached hydrogen (secondary N) is 3. The van der Waals surface area contributed by atoms with Crippen molar-refractivity contribution in [3.8, 4) is 0 Å². The second kappa shape index (κ2) is 14.0. The number of likely N-dealkylation sites (tertiary alicyclic amines) is 1. The largest absolute Gasteiger partial charge is 0.312 e. The first-order valence-electron chi connectivity index (χ1n) is 15.0. The Morgan fingerprint density at radius 3 is 2.73 bits per heavy atom. The van der Waals surface area contributed by atoms with Crippen molar-refractivity contribution in [2.45, 2.75) is 89.4 Å². The molecule has 0 aromatic heterocycles. The molecule has 37 heavy (non-hydrogen) atoms. The zero-order chi connectivity index (χ0) is 26.4. The van der Waals surface area contributed by atoms with E-state index in [0.717, 1.165) is 45.1 Å². The summed E-state index contributed by atoms with van der Waals surface area (Å²) >= 11 is 8.23. The molecule has 3 N–H and O–H groups in total. The molecular weight excluding hydrogens is 498 g/mol. The third-order valence-corrected chi connectivity index (χ3v) is 10.5. The molecule has 0 spiro atoms. The lowest BCUT2D eigenvalue weighted by Crippen LogP contribution is -2.52. The van der Waals surface area contributed by atoms with Crippen LogP contribution >= 0.6 is 23.5 Å². The first kappa shape index (κ1) is 29.9. The monoisotopic (exact) mass is 551 g/mol. The number of rotatable bonds is 11. The van der Waals surface area contributed by atoms with Crippen LogP contribution in [-0.4, -0.2) is 79.6 Å². The minimum atomic E-state index is 0.334. The maximum atomic E-state index is 6.38. The maximum absolute atomic E-state index is 6.38. The first-order valence-corrected chi connectivity index (χ1v) is 16.3. The van der Waals surface area contributed by atoms with Gasteiger partial charge in [0.15, 0.2) is 0 Å². The highest BCUT2D eigenvalue weighted by atomic mass is 35.5. The number of likely N-dealkylation sites (N-methyl/N-ethyl adjacent to an activating group) is 1. The van der Waals surface area contributed by atoms with Crippen LogP contribution in [0.3, 0.4) is 0 Å². The van der Waals surface area contributed by atoms with Gasteiger partial charge in [0.2, 0.25) is 0 Å². The van der Waals surface area contributed by atoms with E-state index >= 15 is 0 Å². The number of hydrogen-bond donors (Lipinski definition) is 3. The predicted octanol–water partition coefficient (Wildman–Crippen LogP) is 5.45. The van der Waals surface area contributed by atoms with Crippen LogP contribution in [0.4, 0.5) is 0 Å². The SMILES string of the molecule is CC(C)[C@H](CN1CC[C@H](C2=CCC(Cl)CC2)C(C)(C)C1)NCC1C=C(CNSC2CN(C)CN2)CCC1. The Hall–Kier alpha value is -0.0800. The van der Waals surface area contributed by atoms with Crippen molar-refractivity contribution >= 4 is 23.5 Å². The summed E-state index contributed by atoms with van der Waals surface area (Å²) in [6, 6.07) is 0.552.